The second-order valence-corrected chi connectivity index (χ2v) is 5.44. The van der Waals surface area contributed by atoms with Crippen LogP contribution >= 0.6 is 11.8 Å². The maximum absolute atomic E-state index is 11.7. The van der Waals surface area contributed by atoms with Gasteiger partial charge in [0, 0.05) is 10.5 Å². The topological polar surface area (TPSA) is 82.5 Å². The lowest BCUT2D eigenvalue weighted by molar-refractivity contribution is 0.0997. The van der Waals surface area contributed by atoms with Crippen LogP contribution in [0.2, 0.25) is 0 Å². The second kappa shape index (κ2) is 5.69. The molecule has 0 aliphatic carbocycles. The fourth-order valence-electron chi connectivity index (χ4n) is 2.31. The SMILES string of the molecule is COc1c(C(N)=O)cc(-c2ccc(SC)cc2)n2ncnc12. The molecule has 6 nitrogen and oxygen atoms in total. The van der Waals surface area contributed by atoms with Crippen molar-refractivity contribution in [1.82, 2.24) is 14.6 Å². The highest BCUT2D eigenvalue weighted by Gasteiger charge is 2.19. The van der Waals surface area contributed by atoms with E-state index < -0.39 is 5.91 Å². The number of rotatable bonds is 4. The Labute approximate surface area is 131 Å². The predicted octanol–water partition coefficient (Wildman–Crippen LogP) is 2.23. The number of fused-ring (bicyclic) bond motifs is 1. The highest BCUT2D eigenvalue weighted by molar-refractivity contribution is 7.98. The Bertz CT molecular complexity index is 843. The number of nitrogens with two attached hydrogens (primary N) is 1. The summed E-state index contributed by atoms with van der Waals surface area (Å²) < 4.78 is 6.92. The number of nitrogens with zero attached hydrogens (tertiary/aromatic N) is 3. The second-order valence-electron chi connectivity index (χ2n) is 4.56. The van der Waals surface area contributed by atoms with Gasteiger partial charge in [-0.3, -0.25) is 4.79 Å². The molecule has 22 heavy (non-hydrogen) atoms. The molecular formula is C15H14N4O2S. The number of methoxy groups -OCH3 is 1. The zero-order valence-electron chi connectivity index (χ0n) is 12.1. The summed E-state index contributed by atoms with van der Waals surface area (Å²) in [6.07, 6.45) is 3.44. The fourth-order valence-corrected chi connectivity index (χ4v) is 2.72. The van der Waals surface area contributed by atoms with Crippen LogP contribution in [0.25, 0.3) is 16.9 Å². The molecule has 112 valence electrons. The van der Waals surface area contributed by atoms with Crippen LogP contribution in [0.15, 0.2) is 41.6 Å². The molecule has 2 aromatic heterocycles. The third-order valence-corrected chi connectivity index (χ3v) is 4.10. The summed E-state index contributed by atoms with van der Waals surface area (Å²) in [6.45, 7) is 0. The number of amides is 1. The van der Waals surface area contributed by atoms with Gasteiger partial charge in [-0.05, 0) is 24.5 Å². The van der Waals surface area contributed by atoms with Gasteiger partial charge in [0.1, 0.15) is 6.33 Å². The highest BCUT2D eigenvalue weighted by Crippen LogP contribution is 2.30. The van der Waals surface area contributed by atoms with Crippen LogP contribution in [0.5, 0.6) is 5.75 Å². The van der Waals surface area contributed by atoms with Crippen molar-refractivity contribution in [2.45, 2.75) is 4.90 Å². The summed E-state index contributed by atoms with van der Waals surface area (Å²) in [5.41, 5.74) is 7.85. The minimum atomic E-state index is -0.565. The molecule has 0 spiro atoms. The molecule has 1 aromatic carbocycles. The van der Waals surface area contributed by atoms with Gasteiger partial charge in [0.15, 0.2) is 11.4 Å². The molecule has 0 fully saturated rings. The third kappa shape index (κ3) is 2.29. The first kappa shape index (κ1) is 14.4. The van der Waals surface area contributed by atoms with E-state index in [0.29, 0.717) is 11.4 Å². The molecule has 3 rings (SSSR count). The smallest absolute Gasteiger partial charge is 0.252 e. The number of benzene rings is 1. The average Bonchev–Trinajstić information content (AvgIpc) is 3.02. The summed E-state index contributed by atoms with van der Waals surface area (Å²) in [7, 11) is 1.48. The zero-order chi connectivity index (χ0) is 15.7. The summed E-state index contributed by atoms with van der Waals surface area (Å²) in [5, 5.41) is 4.21. The quantitative estimate of drug-likeness (QED) is 0.747. The van der Waals surface area contributed by atoms with Crippen molar-refractivity contribution in [3.8, 4) is 17.0 Å². The number of primary amides is 1. The normalized spacial score (nSPS) is 10.8. The molecule has 0 unspecified atom stereocenters. The summed E-state index contributed by atoms with van der Waals surface area (Å²) in [4.78, 5) is 17.0. The van der Waals surface area contributed by atoms with Crippen LogP contribution in [0, 0.1) is 0 Å². The minimum Gasteiger partial charge on any atom is -0.492 e. The molecule has 1 amide bonds. The molecule has 0 saturated carbocycles. The number of hydrogen-bond donors (Lipinski definition) is 1. The van der Waals surface area contributed by atoms with Crippen LogP contribution in [0.1, 0.15) is 10.4 Å². The van der Waals surface area contributed by atoms with E-state index in [1.54, 1.807) is 22.3 Å². The molecular weight excluding hydrogens is 300 g/mol. The van der Waals surface area contributed by atoms with Crippen molar-refractivity contribution in [1.29, 1.82) is 0 Å². The van der Waals surface area contributed by atoms with Gasteiger partial charge in [-0.25, -0.2) is 9.50 Å². The van der Waals surface area contributed by atoms with Gasteiger partial charge in [-0.15, -0.1) is 11.8 Å². The van der Waals surface area contributed by atoms with Crippen molar-refractivity contribution < 1.29 is 9.53 Å². The van der Waals surface area contributed by atoms with Crippen LogP contribution in [0.3, 0.4) is 0 Å². The van der Waals surface area contributed by atoms with Gasteiger partial charge in [-0.2, -0.15) is 5.10 Å². The average molecular weight is 314 g/mol. The Morgan fingerprint density at radius 3 is 2.64 bits per heavy atom. The van der Waals surface area contributed by atoms with Gasteiger partial charge in [0.2, 0.25) is 0 Å². The third-order valence-electron chi connectivity index (χ3n) is 3.36. The number of pyridine rings is 1. The monoisotopic (exact) mass is 314 g/mol. The lowest BCUT2D eigenvalue weighted by Crippen LogP contribution is -2.14. The van der Waals surface area contributed by atoms with Crippen LogP contribution < -0.4 is 10.5 Å². The number of hydrogen-bond acceptors (Lipinski definition) is 5. The van der Waals surface area contributed by atoms with E-state index in [9.17, 15) is 4.79 Å². The first-order valence-corrected chi connectivity index (χ1v) is 7.73. The van der Waals surface area contributed by atoms with Crippen LogP contribution in [-0.4, -0.2) is 33.9 Å². The molecule has 0 radical (unpaired) electrons. The summed E-state index contributed by atoms with van der Waals surface area (Å²) in [6, 6.07) is 9.64. The number of carbonyl (C=O) groups excluding carboxylic acids is 1. The van der Waals surface area contributed by atoms with Crippen molar-refractivity contribution in [3.63, 3.8) is 0 Å². The van der Waals surface area contributed by atoms with Crippen molar-refractivity contribution in [2.75, 3.05) is 13.4 Å². The number of thioether (sulfide) groups is 1. The van der Waals surface area contributed by atoms with Crippen LogP contribution in [0.4, 0.5) is 0 Å². The van der Waals surface area contributed by atoms with Gasteiger partial charge in [0.25, 0.3) is 5.91 Å². The standard InChI is InChI=1S/C15H14N4O2S/c1-21-13-11(14(16)20)7-12(19-15(13)17-8-18-19)9-3-5-10(22-2)6-4-9/h3-8H,1-2H3,(H2,16,20). The molecule has 0 atom stereocenters. The molecule has 0 bridgehead atoms. The fraction of sp³-hybridized carbons (Fsp3) is 0.133. The highest BCUT2D eigenvalue weighted by atomic mass is 32.2. The lowest BCUT2D eigenvalue weighted by atomic mass is 10.1. The van der Waals surface area contributed by atoms with Crippen LogP contribution in [-0.2, 0) is 0 Å². The van der Waals surface area contributed by atoms with Crippen molar-refractivity contribution in [3.05, 3.63) is 42.2 Å². The summed E-state index contributed by atoms with van der Waals surface area (Å²) >= 11 is 1.66. The molecule has 0 aliphatic heterocycles. The molecule has 2 heterocycles. The first-order valence-electron chi connectivity index (χ1n) is 6.50. The molecule has 7 heteroatoms. The van der Waals surface area contributed by atoms with E-state index >= 15 is 0 Å². The van der Waals surface area contributed by atoms with E-state index in [1.807, 2.05) is 30.5 Å². The molecule has 0 saturated heterocycles. The number of aromatic nitrogens is 3. The van der Waals surface area contributed by atoms with Crippen molar-refractivity contribution >= 4 is 23.3 Å². The number of ether oxygens (including phenoxy) is 1. The maximum Gasteiger partial charge on any atom is 0.252 e. The van der Waals surface area contributed by atoms with Crippen molar-refractivity contribution in [2.24, 2.45) is 5.73 Å². The molecule has 2 N–H and O–H groups in total. The number of carbonyl (C=O) groups is 1. The van der Waals surface area contributed by atoms with E-state index in [4.69, 9.17) is 10.5 Å². The maximum atomic E-state index is 11.7. The van der Waals surface area contributed by atoms with E-state index in [0.717, 1.165) is 16.2 Å². The largest absolute Gasteiger partial charge is 0.492 e. The van der Waals surface area contributed by atoms with E-state index in [-0.39, 0.29) is 5.56 Å². The Balaban J connectivity index is 2.28. The first-order chi connectivity index (χ1) is 10.7. The summed E-state index contributed by atoms with van der Waals surface area (Å²) in [5.74, 6) is -0.237. The van der Waals surface area contributed by atoms with Gasteiger partial charge >= 0.3 is 0 Å². The van der Waals surface area contributed by atoms with Gasteiger partial charge in [0.05, 0.1) is 18.4 Å². The molecule has 3 aromatic rings. The minimum absolute atomic E-state index is 0.284. The molecule has 0 aliphatic rings. The van der Waals surface area contributed by atoms with E-state index in [2.05, 4.69) is 10.1 Å². The lowest BCUT2D eigenvalue weighted by Gasteiger charge is -2.11. The van der Waals surface area contributed by atoms with E-state index in [1.165, 1.54) is 13.4 Å². The van der Waals surface area contributed by atoms with Gasteiger partial charge < -0.3 is 10.5 Å². The Morgan fingerprint density at radius 1 is 1.32 bits per heavy atom. The predicted molar refractivity (Wildman–Crippen MR) is 85.3 cm³/mol. The Morgan fingerprint density at radius 2 is 2.05 bits per heavy atom. The van der Waals surface area contributed by atoms with Gasteiger partial charge in [-0.1, -0.05) is 12.1 Å². The Kier molecular flexibility index (Phi) is 3.72. The zero-order valence-corrected chi connectivity index (χ0v) is 12.9. The Hall–Kier alpha value is -2.54.